The molecule has 2 N–H and O–H groups in total. The third kappa shape index (κ3) is 9.83. The summed E-state index contributed by atoms with van der Waals surface area (Å²) in [6, 6.07) is 22.3. The molecule has 0 unspecified atom stereocenters. The molecule has 10 heteroatoms. The summed E-state index contributed by atoms with van der Waals surface area (Å²) >= 11 is 3.43. The molecule has 0 bridgehead atoms. The number of carbonyl (C=O) groups is 3. The predicted molar refractivity (Wildman–Crippen MR) is 171 cm³/mol. The van der Waals surface area contributed by atoms with Crippen LogP contribution in [0, 0.1) is 5.92 Å². The van der Waals surface area contributed by atoms with Crippen molar-refractivity contribution < 1.29 is 23.9 Å². The Balaban J connectivity index is 1.37. The Morgan fingerprint density at radius 1 is 0.907 bits per heavy atom. The van der Waals surface area contributed by atoms with Gasteiger partial charge in [0.25, 0.3) is 0 Å². The molecule has 0 atom stereocenters. The van der Waals surface area contributed by atoms with Crippen molar-refractivity contribution in [1.82, 2.24) is 9.80 Å². The number of esters is 1. The van der Waals surface area contributed by atoms with Crippen LogP contribution in [0.4, 0.5) is 16.2 Å². The summed E-state index contributed by atoms with van der Waals surface area (Å²) in [6.07, 6.45) is 3.10. The number of ether oxygens (including phenoxy) is 2. The third-order valence-corrected chi connectivity index (χ3v) is 8.35. The first-order chi connectivity index (χ1) is 20.8. The van der Waals surface area contributed by atoms with Crippen molar-refractivity contribution >= 4 is 45.2 Å². The number of para-hydroxylation sites is 1. The predicted octanol–water partition coefficient (Wildman–Crippen LogP) is 5.95. The van der Waals surface area contributed by atoms with Gasteiger partial charge in [-0.2, -0.15) is 0 Å². The SMILES string of the molecule is COC(=O)CN1CCC(CCN(Cc2ccccc2)C(=O)Cc2ccc(NC(=O)Nc3ccccc3Br)c(OC)c2)CC1. The monoisotopic (exact) mass is 650 g/mol. The zero-order valence-corrected chi connectivity index (χ0v) is 26.3. The number of hydrogen-bond donors (Lipinski definition) is 2. The van der Waals surface area contributed by atoms with Crippen molar-refractivity contribution in [2.75, 3.05) is 51.0 Å². The molecule has 3 aromatic rings. The number of halogens is 1. The summed E-state index contributed by atoms with van der Waals surface area (Å²) in [4.78, 5) is 41.9. The number of hydrogen-bond acceptors (Lipinski definition) is 6. The number of carbonyl (C=O) groups excluding carboxylic acids is 3. The van der Waals surface area contributed by atoms with Crippen LogP contribution in [0.25, 0.3) is 0 Å². The molecule has 1 fully saturated rings. The molecule has 0 saturated carbocycles. The number of methoxy groups -OCH3 is 2. The van der Waals surface area contributed by atoms with E-state index in [4.69, 9.17) is 9.47 Å². The van der Waals surface area contributed by atoms with Gasteiger partial charge in [0.2, 0.25) is 5.91 Å². The molecule has 0 spiro atoms. The number of urea groups is 1. The minimum Gasteiger partial charge on any atom is -0.495 e. The normalized spacial score (nSPS) is 13.7. The van der Waals surface area contributed by atoms with Crippen molar-refractivity contribution in [3.05, 3.63) is 88.4 Å². The lowest BCUT2D eigenvalue weighted by molar-refractivity contribution is -0.142. The van der Waals surface area contributed by atoms with Gasteiger partial charge >= 0.3 is 12.0 Å². The molecule has 228 valence electrons. The first-order valence-electron chi connectivity index (χ1n) is 14.4. The second-order valence-electron chi connectivity index (χ2n) is 10.7. The smallest absolute Gasteiger partial charge is 0.323 e. The first-order valence-corrected chi connectivity index (χ1v) is 15.2. The Morgan fingerprint density at radius 3 is 2.30 bits per heavy atom. The van der Waals surface area contributed by atoms with Gasteiger partial charge in [-0.15, -0.1) is 0 Å². The van der Waals surface area contributed by atoms with E-state index in [0.717, 1.165) is 48.0 Å². The van der Waals surface area contributed by atoms with Gasteiger partial charge in [0.15, 0.2) is 0 Å². The average molecular weight is 652 g/mol. The molecule has 0 aliphatic carbocycles. The number of anilines is 2. The van der Waals surface area contributed by atoms with Gasteiger partial charge in [0, 0.05) is 17.6 Å². The van der Waals surface area contributed by atoms with E-state index < -0.39 is 6.03 Å². The van der Waals surface area contributed by atoms with E-state index in [1.165, 1.54) is 14.2 Å². The van der Waals surface area contributed by atoms with Gasteiger partial charge in [-0.05, 0) is 89.6 Å². The number of rotatable bonds is 12. The number of benzene rings is 3. The highest BCUT2D eigenvalue weighted by Crippen LogP contribution is 2.28. The Bertz CT molecular complexity index is 1380. The molecule has 3 amide bonds. The Morgan fingerprint density at radius 2 is 1.60 bits per heavy atom. The van der Waals surface area contributed by atoms with Crippen LogP contribution in [0.5, 0.6) is 5.75 Å². The number of nitrogens with one attached hydrogen (secondary N) is 2. The van der Waals surface area contributed by atoms with Gasteiger partial charge in [-0.1, -0.05) is 48.5 Å². The maximum atomic E-state index is 13.6. The van der Waals surface area contributed by atoms with Crippen LogP contribution >= 0.6 is 15.9 Å². The lowest BCUT2D eigenvalue weighted by Crippen LogP contribution is -2.39. The quantitative estimate of drug-likeness (QED) is 0.235. The molecular formula is C33H39BrN4O5. The zero-order chi connectivity index (χ0) is 30.6. The summed E-state index contributed by atoms with van der Waals surface area (Å²) in [7, 11) is 2.95. The fraction of sp³-hybridized carbons (Fsp3) is 0.364. The standard InChI is InChI=1S/C33H39BrN4O5/c1-42-30-20-26(12-13-29(30)36-33(41)35-28-11-7-6-10-27(28)34)21-31(39)38(22-25-8-4-3-5-9-25)19-16-24-14-17-37(18-15-24)23-32(40)43-2/h3-13,20,24H,14-19,21-23H2,1-2H3,(H2,35,36,41). The molecule has 4 rings (SSSR count). The lowest BCUT2D eigenvalue weighted by Gasteiger charge is -2.32. The summed E-state index contributed by atoms with van der Waals surface area (Å²) in [5, 5.41) is 5.64. The topological polar surface area (TPSA) is 100 Å². The van der Waals surface area contributed by atoms with Crippen LogP contribution in [0.1, 0.15) is 30.4 Å². The number of likely N-dealkylation sites (tertiary alicyclic amines) is 1. The van der Waals surface area contributed by atoms with Gasteiger partial charge in [-0.25, -0.2) is 4.79 Å². The van der Waals surface area contributed by atoms with Crippen molar-refractivity contribution in [2.24, 2.45) is 5.92 Å². The lowest BCUT2D eigenvalue weighted by atomic mass is 9.93. The minimum atomic E-state index is -0.404. The van der Waals surface area contributed by atoms with Gasteiger partial charge < -0.3 is 25.0 Å². The molecule has 43 heavy (non-hydrogen) atoms. The molecule has 0 radical (unpaired) electrons. The van der Waals surface area contributed by atoms with E-state index in [-0.39, 0.29) is 18.3 Å². The number of amides is 3. The van der Waals surface area contributed by atoms with Gasteiger partial charge in [0.1, 0.15) is 5.75 Å². The second-order valence-corrected chi connectivity index (χ2v) is 11.5. The zero-order valence-electron chi connectivity index (χ0n) is 24.7. The number of nitrogens with zero attached hydrogens (tertiary/aromatic N) is 2. The maximum absolute atomic E-state index is 13.6. The Hall–Kier alpha value is -3.89. The van der Waals surface area contributed by atoms with E-state index in [0.29, 0.717) is 42.7 Å². The summed E-state index contributed by atoms with van der Waals surface area (Å²) < 4.78 is 11.1. The summed E-state index contributed by atoms with van der Waals surface area (Å²) in [5.74, 6) is 0.789. The maximum Gasteiger partial charge on any atom is 0.323 e. The molecular weight excluding hydrogens is 612 g/mol. The van der Waals surface area contributed by atoms with E-state index in [2.05, 4.69) is 31.5 Å². The van der Waals surface area contributed by atoms with Crippen LogP contribution in [0.2, 0.25) is 0 Å². The van der Waals surface area contributed by atoms with Crippen LogP contribution < -0.4 is 15.4 Å². The van der Waals surface area contributed by atoms with Crippen molar-refractivity contribution in [3.8, 4) is 5.75 Å². The van der Waals surface area contributed by atoms with Crippen molar-refractivity contribution in [3.63, 3.8) is 0 Å². The van der Waals surface area contributed by atoms with Crippen molar-refractivity contribution in [1.29, 1.82) is 0 Å². The van der Waals surface area contributed by atoms with Crippen molar-refractivity contribution in [2.45, 2.75) is 32.2 Å². The fourth-order valence-electron chi connectivity index (χ4n) is 5.19. The molecule has 1 aliphatic heterocycles. The molecule has 0 aromatic heterocycles. The van der Waals surface area contributed by atoms with E-state index in [1.807, 2.05) is 59.5 Å². The average Bonchev–Trinajstić information content (AvgIpc) is 3.02. The van der Waals surface area contributed by atoms with E-state index in [9.17, 15) is 14.4 Å². The largest absolute Gasteiger partial charge is 0.495 e. The van der Waals surface area contributed by atoms with Gasteiger partial charge in [-0.3, -0.25) is 14.5 Å². The minimum absolute atomic E-state index is 0.0291. The molecule has 1 saturated heterocycles. The molecule has 9 nitrogen and oxygen atoms in total. The first kappa shape index (κ1) is 32.0. The highest BCUT2D eigenvalue weighted by molar-refractivity contribution is 9.10. The summed E-state index contributed by atoms with van der Waals surface area (Å²) in [5.41, 5.74) is 3.03. The molecule has 1 heterocycles. The Kier molecular flexibility index (Phi) is 12.0. The number of piperidine rings is 1. The summed E-state index contributed by atoms with van der Waals surface area (Å²) in [6.45, 7) is 3.23. The fourth-order valence-corrected chi connectivity index (χ4v) is 5.57. The van der Waals surface area contributed by atoms with Crippen LogP contribution in [0.3, 0.4) is 0 Å². The van der Waals surface area contributed by atoms with Crippen LogP contribution in [-0.4, -0.2) is 68.1 Å². The van der Waals surface area contributed by atoms with Crippen LogP contribution in [-0.2, 0) is 27.3 Å². The van der Waals surface area contributed by atoms with E-state index >= 15 is 0 Å². The molecule has 3 aromatic carbocycles. The second kappa shape index (κ2) is 16.1. The highest BCUT2D eigenvalue weighted by atomic mass is 79.9. The third-order valence-electron chi connectivity index (χ3n) is 7.66. The highest BCUT2D eigenvalue weighted by Gasteiger charge is 2.23. The Labute approximate surface area is 261 Å². The molecule has 1 aliphatic rings. The van der Waals surface area contributed by atoms with E-state index in [1.54, 1.807) is 18.2 Å². The van der Waals surface area contributed by atoms with Crippen LogP contribution in [0.15, 0.2) is 77.3 Å². The van der Waals surface area contributed by atoms with Gasteiger partial charge in [0.05, 0.1) is 38.6 Å².